The van der Waals surface area contributed by atoms with Gasteiger partial charge in [-0.2, -0.15) is 0 Å². The van der Waals surface area contributed by atoms with Crippen LogP contribution in [0.5, 0.6) is 0 Å². The second kappa shape index (κ2) is 5.68. The number of anilines is 1. The number of aromatic nitrogens is 2. The third-order valence-corrected chi connectivity index (χ3v) is 5.21. The third-order valence-electron chi connectivity index (χ3n) is 5.21. The fourth-order valence-electron chi connectivity index (χ4n) is 3.80. The number of nitrogens with zero attached hydrogens (tertiary/aromatic N) is 3. The van der Waals surface area contributed by atoms with E-state index in [0.29, 0.717) is 5.41 Å². The lowest BCUT2D eigenvalue weighted by Gasteiger charge is -2.39. The van der Waals surface area contributed by atoms with Crippen LogP contribution >= 0.6 is 0 Å². The molecule has 1 saturated heterocycles. The molecule has 1 spiro atoms. The molecule has 0 amide bonds. The Bertz CT molecular complexity index is 456. The monoisotopic (exact) mass is 274 g/mol. The first-order chi connectivity index (χ1) is 9.72. The molecule has 2 fully saturated rings. The Kier molecular flexibility index (Phi) is 3.92. The van der Waals surface area contributed by atoms with Crippen LogP contribution in [0, 0.1) is 12.3 Å². The van der Waals surface area contributed by atoms with Crippen molar-refractivity contribution >= 4 is 5.95 Å². The van der Waals surface area contributed by atoms with Crippen LogP contribution < -0.4 is 10.2 Å². The predicted octanol–water partition coefficient (Wildman–Crippen LogP) is 2.67. The molecule has 1 aliphatic heterocycles. The molecule has 20 heavy (non-hydrogen) atoms. The van der Waals surface area contributed by atoms with Crippen LogP contribution in [-0.4, -0.2) is 30.1 Å². The molecule has 2 heterocycles. The van der Waals surface area contributed by atoms with Gasteiger partial charge in [-0.3, -0.25) is 0 Å². The van der Waals surface area contributed by atoms with Crippen LogP contribution in [0.15, 0.2) is 6.20 Å². The lowest BCUT2D eigenvalue weighted by molar-refractivity contribution is 0.225. The average Bonchev–Trinajstić information content (AvgIpc) is 2.91. The van der Waals surface area contributed by atoms with E-state index in [2.05, 4.69) is 22.1 Å². The first-order valence-corrected chi connectivity index (χ1v) is 7.95. The Morgan fingerprint density at radius 3 is 2.50 bits per heavy atom. The zero-order valence-corrected chi connectivity index (χ0v) is 12.8. The quantitative estimate of drug-likeness (QED) is 0.920. The van der Waals surface area contributed by atoms with Crippen molar-refractivity contribution in [3.05, 3.63) is 17.5 Å². The summed E-state index contributed by atoms with van der Waals surface area (Å²) in [6.07, 6.45) is 10.4. The van der Waals surface area contributed by atoms with E-state index in [1.165, 1.54) is 44.1 Å². The molecule has 2 aliphatic rings. The highest BCUT2D eigenvalue weighted by Crippen LogP contribution is 2.46. The van der Waals surface area contributed by atoms with Crippen molar-refractivity contribution in [2.45, 2.75) is 52.0 Å². The van der Waals surface area contributed by atoms with Crippen molar-refractivity contribution in [3.63, 3.8) is 0 Å². The topological polar surface area (TPSA) is 41.1 Å². The van der Waals surface area contributed by atoms with Crippen molar-refractivity contribution in [1.82, 2.24) is 15.3 Å². The predicted molar refractivity (Wildman–Crippen MR) is 81.9 cm³/mol. The van der Waals surface area contributed by atoms with E-state index in [-0.39, 0.29) is 0 Å². The summed E-state index contributed by atoms with van der Waals surface area (Å²) in [6, 6.07) is 0. The van der Waals surface area contributed by atoms with Gasteiger partial charge in [0.1, 0.15) is 0 Å². The number of aryl methyl sites for hydroxylation is 1. The smallest absolute Gasteiger partial charge is 0.225 e. The molecule has 1 aromatic rings. The van der Waals surface area contributed by atoms with Crippen molar-refractivity contribution in [1.29, 1.82) is 0 Å². The van der Waals surface area contributed by atoms with Crippen LogP contribution in [0.2, 0.25) is 0 Å². The number of nitrogens with one attached hydrogen (secondary N) is 1. The standard InChI is InChI=1S/C16H26N4/c1-13-14(11-17-2)12-18-15(19-13)20-9-7-16(8-10-20)5-3-4-6-16/h12,17H,3-11H2,1-2H3. The van der Waals surface area contributed by atoms with Gasteiger partial charge in [-0.1, -0.05) is 12.8 Å². The van der Waals surface area contributed by atoms with Gasteiger partial charge in [-0.05, 0) is 45.1 Å². The second-order valence-electron chi connectivity index (χ2n) is 6.51. The SMILES string of the molecule is CNCc1cnc(N2CCC3(CCCC3)CC2)nc1C. The van der Waals surface area contributed by atoms with Crippen molar-refractivity contribution in [2.24, 2.45) is 5.41 Å². The summed E-state index contributed by atoms with van der Waals surface area (Å²) in [5.41, 5.74) is 2.96. The van der Waals surface area contributed by atoms with E-state index < -0.39 is 0 Å². The lowest BCUT2D eigenvalue weighted by Crippen LogP contribution is -2.39. The maximum atomic E-state index is 4.71. The van der Waals surface area contributed by atoms with Gasteiger partial charge in [0, 0.05) is 37.1 Å². The van der Waals surface area contributed by atoms with Gasteiger partial charge in [-0.25, -0.2) is 9.97 Å². The first kappa shape index (κ1) is 13.8. The molecule has 1 aromatic heterocycles. The lowest BCUT2D eigenvalue weighted by atomic mass is 9.77. The van der Waals surface area contributed by atoms with Gasteiger partial charge in [0.2, 0.25) is 5.95 Å². The van der Waals surface area contributed by atoms with Gasteiger partial charge >= 0.3 is 0 Å². The number of rotatable bonds is 3. The summed E-state index contributed by atoms with van der Waals surface area (Å²) in [4.78, 5) is 11.7. The average molecular weight is 274 g/mol. The molecule has 0 unspecified atom stereocenters. The first-order valence-electron chi connectivity index (χ1n) is 7.95. The van der Waals surface area contributed by atoms with Gasteiger partial charge in [0.25, 0.3) is 0 Å². The van der Waals surface area contributed by atoms with Crippen LogP contribution in [0.25, 0.3) is 0 Å². The Balaban J connectivity index is 1.67. The summed E-state index contributed by atoms with van der Waals surface area (Å²) >= 11 is 0. The Morgan fingerprint density at radius 2 is 1.90 bits per heavy atom. The third kappa shape index (κ3) is 2.66. The summed E-state index contributed by atoms with van der Waals surface area (Å²) in [5, 5.41) is 3.16. The fourth-order valence-corrected chi connectivity index (χ4v) is 3.80. The summed E-state index contributed by atoms with van der Waals surface area (Å²) in [6.45, 7) is 5.19. The molecule has 0 radical (unpaired) electrons. The highest BCUT2D eigenvalue weighted by molar-refractivity contribution is 5.33. The van der Waals surface area contributed by atoms with E-state index >= 15 is 0 Å². The maximum Gasteiger partial charge on any atom is 0.225 e. The normalized spacial score (nSPS) is 21.6. The molecule has 1 aliphatic carbocycles. The second-order valence-corrected chi connectivity index (χ2v) is 6.51. The van der Waals surface area contributed by atoms with Gasteiger partial charge in [0.05, 0.1) is 0 Å². The van der Waals surface area contributed by atoms with E-state index in [1.54, 1.807) is 0 Å². The molecule has 0 aromatic carbocycles. The summed E-state index contributed by atoms with van der Waals surface area (Å²) in [7, 11) is 1.96. The molecule has 0 bridgehead atoms. The summed E-state index contributed by atoms with van der Waals surface area (Å²) < 4.78 is 0. The Labute approximate surface area is 122 Å². The number of hydrogen-bond acceptors (Lipinski definition) is 4. The molecule has 4 nitrogen and oxygen atoms in total. The highest BCUT2D eigenvalue weighted by atomic mass is 15.3. The Morgan fingerprint density at radius 1 is 1.20 bits per heavy atom. The van der Waals surface area contributed by atoms with E-state index in [4.69, 9.17) is 4.98 Å². The molecule has 110 valence electrons. The van der Waals surface area contributed by atoms with E-state index in [1.807, 2.05) is 13.2 Å². The van der Waals surface area contributed by atoms with Crippen molar-refractivity contribution in [2.75, 3.05) is 25.0 Å². The van der Waals surface area contributed by atoms with E-state index in [0.717, 1.165) is 31.3 Å². The molecule has 4 heteroatoms. The van der Waals surface area contributed by atoms with Gasteiger partial charge < -0.3 is 10.2 Å². The zero-order chi connectivity index (χ0) is 14.0. The molecular formula is C16H26N4. The summed E-state index contributed by atoms with van der Waals surface area (Å²) in [5.74, 6) is 0.926. The molecular weight excluding hydrogens is 248 g/mol. The Hall–Kier alpha value is -1.16. The highest BCUT2D eigenvalue weighted by Gasteiger charge is 2.37. The molecule has 1 saturated carbocycles. The molecule has 1 N–H and O–H groups in total. The number of piperidine rings is 1. The molecule has 0 atom stereocenters. The van der Waals surface area contributed by atoms with E-state index in [9.17, 15) is 0 Å². The minimum absolute atomic E-state index is 0.664. The maximum absolute atomic E-state index is 4.71. The van der Waals surface area contributed by atoms with Gasteiger partial charge in [0.15, 0.2) is 0 Å². The number of hydrogen-bond donors (Lipinski definition) is 1. The van der Waals surface area contributed by atoms with Crippen molar-refractivity contribution < 1.29 is 0 Å². The largest absolute Gasteiger partial charge is 0.341 e. The van der Waals surface area contributed by atoms with Crippen LogP contribution in [0.1, 0.15) is 49.8 Å². The van der Waals surface area contributed by atoms with Crippen molar-refractivity contribution in [3.8, 4) is 0 Å². The van der Waals surface area contributed by atoms with Gasteiger partial charge in [-0.15, -0.1) is 0 Å². The molecule has 3 rings (SSSR count). The van der Waals surface area contributed by atoms with Crippen LogP contribution in [0.4, 0.5) is 5.95 Å². The minimum Gasteiger partial charge on any atom is -0.341 e. The zero-order valence-electron chi connectivity index (χ0n) is 12.8. The van der Waals surface area contributed by atoms with Crippen LogP contribution in [-0.2, 0) is 6.54 Å². The fraction of sp³-hybridized carbons (Fsp3) is 0.750. The van der Waals surface area contributed by atoms with Crippen LogP contribution in [0.3, 0.4) is 0 Å². The minimum atomic E-state index is 0.664.